The average Bonchev–Trinajstić information content (AvgIpc) is 2.30. The van der Waals surface area contributed by atoms with Crippen LogP contribution in [0.2, 0.25) is 0 Å². The molecule has 1 rings (SSSR count). The molecule has 1 fully saturated rings. The number of amides is 1. The Morgan fingerprint density at radius 1 is 1.67 bits per heavy atom. The topological polar surface area (TPSA) is 46.3 Å². The molecule has 3 heteroatoms. The van der Waals surface area contributed by atoms with Gasteiger partial charge in [0.25, 0.3) is 0 Å². The highest BCUT2D eigenvalue weighted by molar-refractivity contribution is 5.88. The van der Waals surface area contributed by atoms with Gasteiger partial charge in [0.05, 0.1) is 5.54 Å². The van der Waals surface area contributed by atoms with Crippen molar-refractivity contribution in [2.75, 3.05) is 13.6 Å². The number of likely N-dealkylation sites (tertiary alicyclic amines) is 1. The summed E-state index contributed by atoms with van der Waals surface area (Å²) in [5, 5.41) is 0. The first-order chi connectivity index (χ1) is 5.56. The summed E-state index contributed by atoms with van der Waals surface area (Å²) in [5.74, 6) is 0.442. The van der Waals surface area contributed by atoms with Crippen molar-refractivity contribution in [3.05, 3.63) is 0 Å². The Labute approximate surface area is 73.9 Å². The standard InChI is InChI=1S/C9H18N2O/c1-4-7-6-11(3)8(12)9(7,10)5-2/h7H,4-6,10H2,1-3H3. The quantitative estimate of drug-likeness (QED) is 0.659. The van der Waals surface area contributed by atoms with Crippen molar-refractivity contribution in [3.8, 4) is 0 Å². The molecule has 2 unspecified atom stereocenters. The van der Waals surface area contributed by atoms with Gasteiger partial charge in [-0.15, -0.1) is 0 Å². The Balaban J connectivity index is 2.87. The summed E-state index contributed by atoms with van der Waals surface area (Å²) in [4.78, 5) is 13.4. The summed E-state index contributed by atoms with van der Waals surface area (Å²) in [5.41, 5.74) is 5.48. The van der Waals surface area contributed by atoms with E-state index in [-0.39, 0.29) is 5.91 Å². The molecule has 0 saturated carbocycles. The number of carbonyl (C=O) groups excluding carboxylic acids is 1. The molecule has 70 valence electrons. The zero-order valence-electron chi connectivity index (χ0n) is 8.13. The van der Waals surface area contributed by atoms with Crippen LogP contribution in [0.1, 0.15) is 26.7 Å². The molecule has 2 N–H and O–H groups in total. The van der Waals surface area contributed by atoms with Crippen molar-refractivity contribution in [1.82, 2.24) is 4.90 Å². The molecule has 0 aromatic carbocycles. The van der Waals surface area contributed by atoms with Gasteiger partial charge in [0.15, 0.2) is 0 Å². The molecule has 0 radical (unpaired) electrons. The lowest BCUT2D eigenvalue weighted by molar-refractivity contribution is -0.131. The van der Waals surface area contributed by atoms with Crippen molar-refractivity contribution in [1.29, 1.82) is 0 Å². The summed E-state index contributed by atoms with van der Waals surface area (Å²) >= 11 is 0. The summed E-state index contributed by atoms with van der Waals surface area (Å²) < 4.78 is 0. The first kappa shape index (κ1) is 9.52. The maximum atomic E-state index is 11.6. The molecule has 2 atom stereocenters. The summed E-state index contributed by atoms with van der Waals surface area (Å²) in [6, 6.07) is 0. The second-order valence-electron chi connectivity index (χ2n) is 3.68. The lowest BCUT2D eigenvalue weighted by Gasteiger charge is -2.25. The van der Waals surface area contributed by atoms with Crippen LogP contribution in [0.3, 0.4) is 0 Å². The van der Waals surface area contributed by atoms with Crippen LogP contribution in [0.15, 0.2) is 0 Å². The van der Waals surface area contributed by atoms with Gasteiger partial charge < -0.3 is 10.6 Å². The van der Waals surface area contributed by atoms with Gasteiger partial charge in [0.1, 0.15) is 0 Å². The lowest BCUT2D eigenvalue weighted by Crippen LogP contribution is -2.50. The van der Waals surface area contributed by atoms with Gasteiger partial charge in [-0.25, -0.2) is 0 Å². The second-order valence-corrected chi connectivity index (χ2v) is 3.68. The molecular weight excluding hydrogens is 152 g/mol. The number of nitrogens with zero attached hydrogens (tertiary/aromatic N) is 1. The summed E-state index contributed by atoms with van der Waals surface area (Å²) in [6.07, 6.45) is 1.73. The normalized spacial score (nSPS) is 36.2. The molecule has 0 aliphatic carbocycles. The van der Waals surface area contributed by atoms with Gasteiger partial charge in [-0.2, -0.15) is 0 Å². The fourth-order valence-corrected chi connectivity index (χ4v) is 2.04. The minimum atomic E-state index is -0.580. The number of likely N-dealkylation sites (N-methyl/N-ethyl adjacent to an activating group) is 1. The summed E-state index contributed by atoms with van der Waals surface area (Å²) in [7, 11) is 1.83. The highest BCUT2D eigenvalue weighted by Crippen LogP contribution is 2.30. The minimum Gasteiger partial charge on any atom is -0.344 e. The third kappa shape index (κ3) is 1.12. The fraction of sp³-hybridized carbons (Fsp3) is 0.889. The van der Waals surface area contributed by atoms with Crippen LogP contribution in [0, 0.1) is 5.92 Å². The monoisotopic (exact) mass is 170 g/mol. The number of hydrogen-bond donors (Lipinski definition) is 1. The third-order valence-corrected chi connectivity index (χ3v) is 3.05. The van der Waals surface area contributed by atoms with Crippen molar-refractivity contribution >= 4 is 5.91 Å². The van der Waals surface area contributed by atoms with E-state index in [0.717, 1.165) is 19.4 Å². The van der Waals surface area contributed by atoms with Crippen LogP contribution in [0.5, 0.6) is 0 Å². The first-order valence-electron chi connectivity index (χ1n) is 4.60. The van der Waals surface area contributed by atoms with Gasteiger partial charge in [-0.05, 0) is 12.8 Å². The lowest BCUT2D eigenvalue weighted by atomic mass is 9.83. The predicted octanol–water partition coefficient (Wildman–Crippen LogP) is 0.592. The van der Waals surface area contributed by atoms with Gasteiger partial charge in [0, 0.05) is 19.5 Å². The number of hydrogen-bond acceptors (Lipinski definition) is 2. The van der Waals surface area contributed by atoms with E-state index < -0.39 is 5.54 Å². The Kier molecular flexibility index (Phi) is 2.42. The van der Waals surface area contributed by atoms with Gasteiger partial charge in [-0.3, -0.25) is 4.79 Å². The van der Waals surface area contributed by atoms with E-state index in [0.29, 0.717) is 5.92 Å². The van der Waals surface area contributed by atoms with E-state index in [9.17, 15) is 4.79 Å². The maximum absolute atomic E-state index is 11.6. The summed E-state index contributed by atoms with van der Waals surface area (Å²) in [6.45, 7) is 4.90. The molecule has 1 amide bonds. The molecule has 12 heavy (non-hydrogen) atoms. The van der Waals surface area contributed by atoms with E-state index in [2.05, 4.69) is 6.92 Å². The Morgan fingerprint density at radius 2 is 2.25 bits per heavy atom. The third-order valence-electron chi connectivity index (χ3n) is 3.05. The molecule has 1 saturated heterocycles. The first-order valence-corrected chi connectivity index (χ1v) is 4.60. The smallest absolute Gasteiger partial charge is 0.242 e. The number of rotatable bonds is 2. The molecule has 0 spiro atoms. The number of nitrogens with two attached hydrogens (primary N) is 1. The Bertz CT molecular complexity index is 193. The van der Waals surface area contributed by atoms with Gasteiger partial charge >= 0.3 is 0 Å². The van der Waals surface area contributed by atoms with E-state index in [1.54, 1.807) is 4.90 Å². The molecule has 1 aliphatic heterocycles. The Hall–Kier alpha value is -0.570. The van der Waals surface area contributed by atoms with Crippen LogP contribution in [0.25, 0.3) is 0 Å². The largest absolute Gasteiger partial charge is 0.344 e. The highest BCUT2D eigenvalue weighted by Gasteiger charge is 2.47. The van der Waals surface area contributed by atoms with Crippen LogP contribution >= 0.6 is 0 Å². The van der Waals surface area contributed by atoms with E-state index in [1.807, 2.05) is 14.0 Å². The average molecular weight is 170 g/mol. The SMILES string of the molecule is CCC1CN(C)C(=O)C1(N)CC. The van der Waals surface area contributed by atoms with Crippen LogP contribution in [-0.4, -0.2) is 29.9 Å². The minimum absolute atomic E-state index is 0.108. The van der Waals surface area contributed by atoms with Gasteiger partial charge in [0.2, 0.25) is 5.91 Å². The van der Waals surface area contributed by atoms with Crippen molar-refractivity contribution in [2.24, 2.45) is 11.7 Å². The molecule has 3 nitrogen and oxygen atoms in total. The molecule has 0 bridgehead atoms. The molecule has 0 aromatic heterocycles. The zero-order valence-corrected chi connectivity index (χ0v) is 8.13. The maximum Gasteiger partial charge on any atom is 0.242 e. The molecule has 1 aliphatic rings. The molecular formula is C9H18N2O. The fourth-order valence-electron chi connectivity index (χ4n) is 2.04. The highest BCUT2D eigenvalue weighted by atomic mass is 16.2. The van der Waals surface area contributed by atoms with Crippen LogP contribution < -0.4 is 5.73 Å². The van der Waals surface area contributed by atoms with E-state index >= 15 is 0 Å². The molecule has 1 heterocycles. The van der Waals surface area contributed by atoms with Gasteiger partial charge in [-0.1, -0.05) is 13.8 Å². The van der Waals surface area contributed by atoms with Crippen molar-refractivity contribution < 1.29 is 4.79 Å². The number of carbonyl (C=O) groups is 1. The second kappa shape index (κ2) is 3.05. The molecule has 0 aromatic rings. The van der Waals surface area contributed by atoms with Crippen molar-refractivity contribution in [3.63, 3.8) is 0 Å². The zero-order chi connectivity index (χ0) is 9.35. The van der Waals surface area contributed by atoms with E-state index in [4.69, 9.17) is 5.73 Å². The van der Waals surface area contributed by atoms with Crippen molar-refractivity contribution in [2.45, 2.75) is 32.2 Å². The van der Waals surface area contributed by atoms with Crippen LogP contribution in [-0.2, 0) is 4.79 Å². The van der Waals surface area contributed by atoms with Crippen LogP contribution in [0.4, 0.5) is 0 Å². The van der Waals surface area contributed by atoms with E-state index in [1.165, 1.54) is 0 Å². The Morgan fingerprint density at radius 3 is 2.58 bits per heavy atom. The predicted molar refractivity (Wildman–Crippen MR) is 48.6 cm³/mol.